The molecular weight excluding hydrogens is 364 g/mol. The predicted molar refractivity (Wildman–Crippen MR) is 104 cm³/mol. The third-order valence-electron chi connectivity index (χ3n) is 4.59. The van der Waals surface area contributed by atoms with Crippen molar-refractivity contribution in [1.82, 2.24) is 0 Å². The molecular formula is C22H17ClO4. The molecule has 1 unspecified atom stereocenters. The number of benzene rings is 2. The normalized spacial score (nSPS) is 19.0. The molecule has 2 aromatic rings. The quantitative estimate of drug-likeness (QED) is 0.479. The van der Waals surface area contributed by atoms with Crippen LogP contribution in [0.1, 0.15) is 27.9 Å². The van der Waals surface area contributed by atoms with Crippen LogP contribution in [0.25, 0.3) is 5.57 Å². The van der Waals surface area contributed by atoms with Crippen molar-refractivity contribution in [3.8, 4) is 0 Å². The van der Waals surface area contributed by atoms with E-state index in [1.807, 2.05) is 19.1 Å². The van der Waals surface area contributed by atoms with Gasteiger partial charge >= 0.3 is 5.97 Å². The molecule has 4 nitrogen and oxygen atoms in total. The first-order chi connectivity index (χ1) is 12.8. The van der Waals surface area contributed by atoms with Crippen molar-refractivity contribution in [1.29, 1.82) is 0 Å². The van der Waals surface area contributed by atoms with Crippen LogP contribution >= 0.6 is 11.6 Å². The Hall–Kier alpha value is -2.98. The maximum Gasteiger partial charge on any atom is 0.335 e. The maximum absolute atomic E-state index is 12.9. The number of Topliss-reactive ketones (excluding diaryl/α,β-unsaturated/α-hetero) is 2. The Morgan fingerprint density at radius 1 is 1.00 bits per heavy atom. The number of rotatable bonds is 5. The number of aryl methyl sites for hydroxylation is 1. The Balaban J connectivity index is 2.02. The second kappa shape index (κ2) is 7.33. The molecule has 1 aliphatic rings. The fourth-order valence-electron chi connectivity index (χ4n) is 3.14. The van der Waals surface area contributed by atoms with Gasteiger partial charge in [-0.15, -0.1) is 11.6 Å². The number of carboxylic acids is 1. The highest BCUT2D eigenvalue weighted by molar-refractivity contribution is 6.57. The number of hydrogen-bond acceptors (Lipinski definition) is 3. The molecule has 0 heterocycles. The van der Waals surface area contributed by atoms with Crippen LogP contribution in [0.4, 0.5) is 0 Å². The fraction of sp³-hybridized carbons (Fsp3) is 0.136. The number of alkyl halides is 1. The monoisotopic (exact) mass is 380 g/mol. The van der Waals surface area contributed by atoms with E-state index in [0.29, 0.717) is 11.1 Å². The van der Waals surface area contributed by atoms with E-state index >= 15 is 0 Å². The molecule has 1 N–H and O–H groups in total. The van der Waals surface area contributed by atoms with Crippen molar-refractivity contribution in [3.05, 3.63) is 89.0 Å². The van der Waals surface area contributed by atoms with Gasteiger partial charge in [0, 0.05) is 12.0 Å². The van der Waals surface area contributed by atoms with Crippen LogP contribution in [-0.4, -0.2) is 27.5 Å². The summed E-state index contributed by atoms with van der Waals surface area (Å²) in [7, 11) is 0. The van der Waals surface area contributed by atoms with Crippen molar-refractivity contribution >= 4 is 34.7 Å². The molecule has 0 saturated carbocycles. The highest BCUT2D eigenvalue weighted by Gasteiger charge is 2.42. The Morgan fingerprint density at radius 2 is 1.63 bits per heavy atom. The molecule has 1 atom stereocenters. The minimum Gasteiger partial charge on any atom is -0.478 e. The lowest BCUT2D eigenvalue weighted by molar-refractivity contribution is -0.132. The lowest BCUT2D eigenvalue weighted by Crippen LogP contribution is -2.38. The first-order valence-corrected chi connectivity index (χ1v) is 8.76. The van der Waals surface area contributed by atoms with Gasteiger partial charge in [-0.05, 0) is 29.7 Å². The Bertz CT molecular complexity index is 988. The van der Waals surface area contributed by atoms with Gasteiger partial charge in [-0.25, -0.2) is 4.79 Å². The second-order valence-electron chi connectivity index (χ2n) is 6.41. The van der Waals surface area contributed by atoms with Gasteiger partial charge in [0.15, 0.2) is 0 Å². The van der Waals surface area contributed by atoms with E-state index < -0.39 is 22.4 Å². The largest absolute Gasteiger partial charge is 0.478 e. The molecule has 0 radical (unpaired) electrons. The van der Waals surface area contributed by atoms with Crippen molar-refractivity contribution in [3.63, 3.8) is 0 Å². The molecule has 0 amide bonds. The van der Waals surface area contributed by atoms with Gasteiger partial charge in [-0.2, -0.15) is 0 Å². The number of hydrogen-bond donors (Lipinski definition) is 1. The zero-order valence-electron chi connectivity index (χ0n) is 14.6. The molecule has 0 fully saturated rings. The van der Waals surface area contributed by atoms with E-state index in [-0.39, 0.29) is 17.6 Å². The highest BCUT2D eigenvalue weighted by Crippen LogP contribution is 2.40. The molecule has 1 aliphatic carbocycles. The molecule has 0 bridgehead atoms. The Morgan fingerprint density at radius 3 is 2.26 bits per heavy atom. The molecule has 0 spiro atoms. The van der Waals surface area contributed by atoms with Crippen molar-refractivity contribution in [2.75, 3.05) is 0 Å². The summed E-state index contributed by atoms with van der Waals surface area (Å²) in [6, 6.07) is 15.5. The lowest BCUT2D eigenvalue weighted by Gasteiger charge is -2.28. The zero-order chi connectivity index (χ0) is 19.6. The van der Waals surface area contributed by atoms with Crippen LogP contribution in [-0.2, 0) is 9.59 Å². The van der Waals surface area contributed by atoms with Crippen LogP contribution < -0.4 is 0 Å². The number of carbonyl (C=O) groups excluding carboxylic acids is 2. The van der Waals surface area contributed by atoms with Gasteiger partial charge in [0.1, 0.15) is 4.87 Å². The number of aliphatic carboxylic acids is 1. The van der Waals surface area contributed by atoms with Crippen molar-refractivity contribution in [2.45, 2.75) is 18.2 Å². The van der Waals surface area contributed by atoms with E-state index in [9.17, 15) is 19.5 Å². The summed E-state index contributed by atoms with van der Waals surface area (Å²) >= 11 is 6.55. The predicted octanol–water partition coefficient (Wildman–Crippen LogP) is 4.22. The number of carbonyl (C=O) groups is 3. The molecule has 136 valence electrons. The average molecular weight is 381 g/mol. The van der Waals surface area contributed by atoms with E-state index in [0.717, 1.165) is 5.56 Å². The van der Waals surface area contributed by atoms with Gasteiger partial charge in [-0.1, -0.05) is 60.7 Å². The van der Waals surface area contributed by atoms with Crippen LogP contribution in [0.5, 0.6) is 0 Å². The van der Waals surface area contributed by atoms with E-state index in [1.54, 1.807) is 42.5 Å². The molecule has 2 aromatic carbocycles. The summed E-state index contributed by atoms with van der Waals surface area (Å²) in [6.07, 6.45) is 2.55. The van der Waals surface area contributed by atoms with Gasteiger partial charge < -0.3 is 5.11 Å². The van der Waals surface area contributed by atoms with E-state index in [1.165, 1.54) is 12.2 Å². The zero-order valence-corrected chi connectivity index (χ0v) is 15.4. The Labute approximate surface area is 161 Å². The summed E-state index contributed by atoms with van der Waals surface area (Å²) in [4.78, 5) is 35.5. The smallest absolute Gasteiger partial charge is 0.335 e. The summed E-state index contributed by atoms with van der Waals surface area (Å²) in [5.41, 5.74) is 2.32. The molecule has 3 rings (SSSR count). The molecule has 0 saturated heterocycles. The minimum atomic E-state index is -1.62. The van der Waals surface area contributed by atoms with Crippen molar-refractivity contribution in [2.24, 2.45) is 0 Å². The highest BCUT2D eigenvalue weighted by atomic mass is 35.5. The third kappa shape index (κ3) is 3.62. The third-order valence-corrected chi connectivity index (χ3v) is 5.02. The molecule has 5 heteroatoms. The van der Waals surface area contributed by atoms with Crippen LogP contribution in [0.3, 0.4) is 0 Å². The fourth-order valence-corrected chi connectivity index (χ4v) is 3.43. The topological polar surface area (TPSA) is 71.4 Å². The molecule has 27 heavy (non-hydrogen) atoms. The van der Waals surface area contributed by atoms with E-state index in [4.69, 9.17) is 11.6 Å². The maximum atomic E-state index is 12.9. The van der Waals surface area contributed by atoms with Crippen LogP contribution in [0, 0.1) is 6.92 Å². The van der Waals surface area contributed by atoms with Crippen molar-refractivity contribution < 1.29 is 19.5 Å². The number of carboxylic acid groups (broad SMARTS) is 1. The summed E-state index contributed by atoms with van der Waals surface area (Å²) in [6.45, 7) is 1.85. The minimum absolute atomic E-state index is 0.0699. The van der Waals surface area contributed by atoms with Gasteiger partial charge in [0.25, 0.3) is 0 Å². The number of halogens is 1. The summed E-state index contributed by atoms with van der Waals surface area (Å²) in [5.74, 6) is -2.58. The summed E-state index contributed by atoms with van der Waals surface area (Å²) in [5, 5.41) is 9.55. The van der Waals surface area contributed by atoms with Gasteiger partial charge in [0.2, 0.25) is 11.6 Å². The molecule has 0 aromatic heterocycles. The lowest BCUT2D eigenvalue weighted by atomic mass is 9.80. The SMILES string of the molecule is Cc1ccccc1C1=C(C(=O)O)C=CC(Cl)(C(=O)C(=O)c2ccccc2)C1. The van der Waals surface area contributed by atoms with Gasteiger partial charge in [0.05, 0.1) is 5.57 Å². The van der Waals surface area contributed by atoms with Crippen LogP contribution in [0.15, 0.2) is 72.3 Å². The first-order valence-electron chi connectivity index (χ1n) is 8.38. The van der Waals surface area contributed by atoms with Crippen LogP contribution in [0.2, 0.25) is 0 Å². The first kappa shape index (κ1) is 18.8. The Kier molecular flexibility index (Phi) is 5.10. The van der Waals surface area contributed by atoms with E-state index in [2.05, 4.69) is 0 Å². The van der Waals surface area contributed by atoms with Gasteiger partial charge in [-0.3, -0.25) is 9.59 Å². The average Bonchev–Trinajstić information content (AvgIpc) is 2.67. The second-order valence-corrected chi connectivity index (χ2v) is 7.08. The standard InChI is InChI=1S/C22H17ClO4/c1-14-7-5-6-10-16(14)18-13-22(23,12-11-17(18)21(26)27)20(25)19(24)15-8-3-2-4-9-15/h2-12H,13H2,1H3,(H,26,27). The number of ketones is 2. The summed E-state index contributed by atoms with van der Waals surface area (Å²) < 4.78 is 0. The number of allylic oxidation sites excluding steroid dienone is 2. The molecule has 0 aliphatic heterocycles.